The lowest BCUT2D eigenvalue weighted by molar-refractivity contribution is 0.0735. The molecule has 0 atom stereocenters. The van der Waals surface area contributed by atoms with Crippen molar-refractivity contribution in [1.82, 2.24) is 4.90 Å². The molecule has 0 saturated carbocycles. The van der Waals surface area contributed by atoms with Crippen molar-refractivity contribution in [3.05, 3.63) is 23.8 Å². The molecule has 0 fully saturated rings. The van der Waals surface area contributed by atoms with Gasteiger partial charge in [0, 0.05) is 38.6 Å². The first-order valence-electron chi connectivity index (χ1n) is 7.80. The highest BCUT2D eigenvalue weighted by Gasteiger charge is 2.21. The zero-order valence-corrected chi connectivity index (χ0v) is 14.0. The molecule has 0 radical (unpaired) electrons. The molecule has 4 nitrogen and oxygen atoms in total. The summed E-state index contributed by atoms with van der Waals surface area (Å²) < 4.78 is 0. The molecule has 0 spiro atoms. The third-order valence-corrected chi connectivity index (χ3v) is 4.04. The number of carbonyl (C=O) groups is 1. The maximum atomic E-state index is 12.9. The Morgan fingerprint density at radius 3 is 2.29 bits per heavy atom. The summed E-state index contributed by atoms with van der Waals surface area (Å²) in [4.78, 5) is 16.8. The van der Waals surface area contributed by atoms with Gasteiger partial charge in [-0.25, -0.2) is 0 Å². The van der Waals surface area contributed by atoms with E-state index in [2.05, 4.69) is 13.8 Å². The monoisotopic (exact) mass is 291 g/mol. The zero-order valence-electron chi connectivity index (χ0n) is 14.0. The molecule has 4 heteroatoms. The van der Waals surface area contributed by atoms with Crippen molar-refractivity contribution in [3.63, 3.8) is 0 Å². The Labute approximate surface area is 128 Å². The Morgan fingerprint density at radius 1 is 1.19 bits per heavy atom. The van der Waals surface area contributed by atoms with E-state index in [1.165, 1.54) is 0 Å². The Bertz CT molecular complexity index is 467. The van der Waals surface area contributed by atoms with Gasteiger partial charge in [-0.1, -0.05) is 26.7 Å². The molecule has 1 amide bonds. The summed E-state index contributed by atoms with van der Waals surface area (Å²) in [7, 11) is 3.89. The van der Waals surface area contributed by atoms with E-state index in [1.54, 1.807) is 6.07 Å². The molecular weight excluding hydrogens is 262 g/mol. The van der Waals surface area contributed by atoms with Gasteiger partial charge in [0.25, 0.3) is 5.91 Å². The van der Waals surface area contributed by atoms with E-state index < -0.39 is 0 Å². The maximum absolute atomic E-state index is 12.9. The van der Waals surface area contributed by atoms with Crippen molar-refractivity contribution < 1.29 is 4.79 Å². The van der Waals surface area contributed by atoms with E-state index in [-0.39, 0.29) is 5.91 Å². The molecule has 1 aromatic rings. The van der Waals surface area contributed by atoms with Crippen molar-refractivity contribution in [3.8, 4) is 0 Å². The molecule has 0 aliphatic rings. The van der Waals surface area contributed by atoms with Crippen LogP contribution in [0.4, 0.5) is 11.4 Å². The van der Waals surface area contributed by atoms with Crippen molar-refractivity contribution >= 4 is 17.3 Å². The number of nitrogen functional groups attached to an aromatic ring is 1. The number of nitrogens with zero attached hydrogens (tertiary/aromatic N) is 2. The van der Waals surface area contributed by atoms with Crippen LogP contribution in [0, 0.1) is 5.92 Å². The molecule has 1 rings (SSSR count). The van der Waals surface area contributed by atoms with Gasteiger partial charge >= 0.3 is 0 Å². The number of hydrogen-bond donors (Lipinski definition) is 1. The first-order chi connectivity index (χ1) is 9.94. The number of nitrogens with two attached hydrogens (primary N) is 1. The van der Waals surface area contributed by atoms with Crippen molar-refractivity contribution in [2.45, 2.75) is 33.6 Å². The predicted molar refractivity (Wildman–Crippen MR) is 90.8 cm³/mol. The Balaban J connectivity index is 3.07. The molecule has 0 unspecified atom stereocenters. The first-order valence-corrected chi connectivity index (χ1v) is 7.80. The Morgan fingerprint density at radius 2 is 1.81 bits per heavy atom. The number of rotatable bonds is 7. The van der Waals surface area contributed by atoms with Crippen LogP contribution in [0.2, 0.25) is 0 Å². The molecule has 0 aromatic heterocycles. The largest absolute Gasteiger partial charge is 0.399 e. The molecule has 0 aliphatic carbocycles. The normalized spacial score (nSPS) is 10.8. The van der Waals surface area contributed by atoms with Crippen LogP contribution in [0.5, 0.6) is 0 Å². The Kier molecular flexibility index (Phi) is 6.53. The smallest absolute Gasteiger partial charge is 0.256 e. The van der Waals surface area contributed by atoms with Gasteiger partial charge in [0.2, 0.25) is 0 Å². The Hall–Kier alpha value is -1.71. The maximum Gasteiger partial charge on any atom is 0.256 e. The van der Waals surface area contributed by atoms with Crippen molar-refractivity contribution in [1.29, 1.82) is 0 Å². The summed E-state index contributed by atoms with van der Waals surface area (Å²) in [5.74, 6) is 0.623. The topological polar surface area (TPSA) is 49.6 Å². The fourth-order valence-electron chi connectivity index (χ4n) is 2.50. The van der Waals surface area contributed by atoms with Gasteiger partial charge in [0.1, 0.15) is 0 Å². The summed E-state index contributed by atoms with van der Waals surface area (Å²) in [6, 6.07) is 5.53. The summed E-state index contributed by atoms with van der Waals surface area (Å²) in [6.07, 6.45) is 2.19. The van der Waals surface area contributed by atoms with Crippen LogP contribution in [0.1, 0.15) is 44.0 Å². The van der Waals surface area contributed by atoms with E-state index in [0.29, 0.717) is 17.2 Å². The van der Waals surface area contributed by atoms with Crippen LogP contribution in [-0.2, 0) is 0 Å². The number of amides is 1. The average Bonchev–Trinajstić information content (AvgIpc) is 2.47. The summed E-state index contributed by atoms with van der Waals surface area (Å²) >= 11 is 0. The standard InChI is InChI=1S/C17H29N3O/c1-6-13(7-2)12-20(8-3)17(21)15-11-14(18)9-10-16(15)19(4)5/h9-11,13H,6-8,12,18H2,1-5H3. The molecule has 118 valence electrons. The second-order valence-electron chi connectivity index (χ2n) is 5.70. The van der Waals surface area contributed by atoms with Gasteiger partial charge in [0.05, 0.1) is 5.56 Å². The predicted octanol–water partition coefficient (Wildman–Crippen LogP) is 3.23. The van der Waals surface area contributed by atoms with Crippen LogP contribution in [0.15, 0.2) is 18.2 Å². The molecule has 2 N–H and O–H groups in total. The van der Waals surface area contributed by atoms with Crippen LogP contribution in [0.25, 0.3) is 0 Å². The van der Waals surface area contributed by atoms with Crippen LogP contribution in [0.3, 0.4) is 0 Å². The summed E-state index contributed by atoms with van der Waals surface area (Å²) in [5.41, 5.74) is 8.10. The van der Waals surface area contributed by atoms with Gasteiger partial charge in [-0.05, 0) is 31.0 Å². The highest BCUT2D eigenvalue weighted by molar-refractivity contribution is 6.00. The number of benzene rings is 1. The van der Waals surface area contributed by atoms with E-state index in [0.717, 1.165) is 31.6 Å². The van der Waals surface area contributed by atoms with Gasteiger partial charge < -0.3 is 15.5 Å². The minimum absolute atomic E-state index is 0.0698. The summed E-state index contributed by atoms with van der Waals surface area (Å²) in [5, 5.41) is 0. The summed E-state index contributed by atoms with van der Waals surface area (Å²) in [6.45, 7) is 7.92. The van der Waals surface area contributed by atoms with Crippen molar-refractivity contribution in [2.75, 3.05) is 37.8 Å². The van der Waals surface area contributed by atoms with E-state index in [1.807, 2.05) is 43.0 Å². The SMILES string of the molecule is CCC(CC)CN(CC)C(=O)c1cc(N)ccc1N(C)C. The lowest BCUT2D eigenvalue weighted by Crippen LogP contribution is -2.36. The van der Waals surface area contributed by atoms with Crippen LogP contribution in [-0.4, -0.2) is 38.0 Å². The number of carbonyl (C=O) groups excluding carboxylic acids is 1. The molecule has 0 saturated heterocycles. The second-order valence-corrected chi connectivity index (χ2v) is 5.70. The minimum Gasteiger partial charge on any atom is -0.399 e. The zero-order chi connectivity index (χ0) is 16.0. The third-order valence-electron chi connectivity index (χ3n) is 4.04. The third kappa shape index (κ3) is 4.38. The molecule has 1 aromatic carbocycles. The molecular formula is C17H29N3O. The van der Waals surface area contributed by atoms with E-state index >= 15 is 0 Å². The quantitative estimate of drug-likeness (QED) is 0.785. The number of anilines is 2. The average molecular weight is 291 g/mol. The highest BCUT2D eigenvalue weighted by atomic mass is 16.2. The molecule has 0 heterocycles. The van der Waals surface area contributed by atoms with Gasteiger partial charge in [-0.2, -0.15) is 0 Å². The van der Waals surface area contributed by atoms with E-state index in [4.69, 9.17) is 5.73 Å². The second kappa shape index (κ2) is 7.91. The minimum atomic E-state index is 0.0698. The van der Waals surface area contributed by atoms with E-state index in [9.17, 15) is 4.79 Å². The highest BCUT2D eigenvalue weighted by Crippen LogP contribution is 2.24. The van der Waals surface area contributed by atoms with Gasteiger partial charge in [0.15, 0.2) is 0 Å². The fourth-order valence-corrected chi connectivity index (χ4v) is 2.50. The van der Waals surface area contributed by atoms with Crippen molar-refractivity contribution in [2.24, 2.45) is 5.92 Å². The molecule has 0 bridgehead atoms. The molecule has 0 aliphatic heterocycles. The number of hydrogen-bond acceptors (Lipinski definition) is 3. The van der Waals surface area contributed by atoms with Crippen LogP contribution < -0.4 is 10.6 Å². The molecule has 21 heavy (non-hydrogen) atoms. The lowest BCUT2D eigenvalue weighted by atomic mass is 10.0. The van der Waals surface area contributed by atoms with Gasteiger partial charge in [-0.15, -0.1) is 0 Å². The lowest BCUT2D eigenvalue weighted by Gasteiger charge is -2.27. The van der Waals surface area contributed by atoms with Crippen LogP contribution >= 0.6 is 0 Å². The fraction of sp³-hybridized carbons (Fsp3) is 0.588. The first kappa shape index (κ1) is 17.3. The van der Waals surface area contributed by atoms with Gasteiger partial charge in [-0.3, -0.25) is 4.79 Å².